The fraction of sp³-hybridized carbons (Fsp3) is 0.909. The summed E-state index contributed by atoms with van der Waals surface area (Å²) in [4.78, 5) is 22.8. The van der Waals surface area contributed by atoms with Crippen LogP contribution < -0.4 is 5.32 Å². The Morgan fingerprint density at radius 2 is 1.29 bits per heavy atom. The number of carbonyl (C=O) groups is 1. The van der Waals surface area contributed by atoms with Crippen LogP contribution in [0, 0.1) is 0 Å². The van der Waals surface area contributed by atoms with Gasteiger partial charge in [-0.1, -0.05) is 109 Å². The summed E-state index contributed by atoms with van der Waals surface area (Å²) in [5, 5.41) is 13.7. The Balaban J connectivity index is 4.42. The molecule has 0 bridgehead atoms. The predicted molar refractivity (Wildman–Crippen MR) is 175 cm³/mol. The zero-order chi connectivity index (χ0) is 31.5. The first-order chi connectivity index (χ1) is 20.0. The zero-order valence-corrected chi connectivity index (χ0v) is 28.9. The minimum Gasteiger partial charge on any atom is -0.391 e. The van der Waals surface area contributed by atoms with Crippen molar-refractivity contribution in [3.05, 3.63) is 12.2 Å². The average Bonchev–Trinajstić information content (AvgIpc) is 2.92. The molecule has 0 spiro atoms. The molecular formula is C33H68N2O6P+. The van der Waals surface area contributed by atoms with Gasteiger partial charge < -0.3 is 19.8 Å². The van der Waals surface area contributed by atoms with Crippen LogP contribution >= 0.6 is 7.82 Å². The van der Waals surface area contributed by atoms with E-state index in [0.717, 1.165) is 51.4 Å². The minimum atomic E-state index is -4.29. The highest BCUT2D eigenvalue weighted by molar-refractivity contribution is 7.47. The van der Waals surface area contributed by atoms with Crippen molar-refractivity contribution in [2.24, 2.45) is 0 Å². The molecule has 0 rings (SSSR count). The Bertz CT molecular complexity index is 713. The number of nitrogens with zero attached hydrogens (tertiary/aromatic N) is 1. The van der Waals surface area contributed by atoms with Gasteiger partial charge in [-0.05, 0) is 38.5 Å². The van der Waals surface area contributed by atoms with Gasteiger partial charge >= 0.3 is 7.82 Å². The highest BCUT2D eigenvalue weighted by Gasteiger charge is 2.28. The summed E-state index contributed by atoms with van der Waals surface area (Å²) in [5.74, 6) is -0.161. The number of rotatable bonds is 30. The Morgan fingerprint density at radius 3 is 1.83 bits per heavy atom. The van der Waals surface area contributed by atoms with Gasteiger partial charge in [-0.2, -0.15) is 0 Å². The molecule has 3 N–H and O–H groups in total. The normalized spacial score (nSPS) is 15.1. The van der Waals surface area contributed by atoms with Crippen molar-refractivity contribution in [1.29, 1.82) is 0 Å². The Morgan fingerprint density at radius 1 is 0.786 bits per heavy atom. The van der Waals surface area contributed by atoms with Crippen LogP contribution in [0.4, 0.5) is 0 Å². The van der Waals surface area contributed by atoms with Gasteiger partial charge in [-0.15, -0.1) is 0 Å². The molecule has 0 aromatic rings. The third-order valence-corrected chi connectivity index (χ3v) is 8.50. The maximum atomic E-state index is 12.7. The van der Waals surface area contributed by atoms with Gasteiger partial charge in [0.25, 0.3) is 0 Å². The lowest BCUT2D eigenvalue weighted by Gasteiger charge is -2.26. The molecule has 1 amide bonds. The number of amides is 1. The molecule has 0 saturated carbocycles. The molecule has 0 aromatic heterocycles. The highest BCUT2D eigenvalue weighted by atomic mass is 31.2. The minimum absolute atomic E-state index is 0.0734. The van der Waals surface area contributed by atoms with E-state index in [4.69, 9.17) is 9.05 Å². The maximum Gasteiger partial charge on any atom is 0.472 e. The van der Waals surface area contributed by atoms with Gasteiger partial charge in [0.05, 0.1) is 39.9 Å². The van der Waals surface area contributed by atoms with Crippen LogP contribution in [0.15, 0.2) is 12.2 Å². The van der Waals surface area contributed by atoms with Crippen LogP contribution in [0.1, 0.15) is 142 Å². The zero-order valence-electron chi connectivity index (χ0n) is 28.0. The van der Waals surface area contributed by atoms with Gasteiger partial charge in [-0.25, -0.2) is 4.57 Å². The second-order valence-corrected chi connectivity index (χ2v) is 14.3. The molecule has 0 heterocycles. The monoisotopic (exact) mass is 619 g/mol. The van der Waals surface area contributed by atoms with Crippen LogP contribution in [0.25, 0.3) is 0 Å². The van der Waals surface area contributed by atoms with Gasteiger partial charge in [0.2, 0.25) is 5.91 Å². The van der Waals surface area contributed by atoms with Crippen molar-refractivity contribution in [3.63, 3.8) is 0 Å². The maximum absolute atomic E-state index is 12.7. The second kappa shape index (κ2) is 26.6. The Kier molecular flexibility index (Phi) is 26.1. The van der Waals surface area contributed by atoms with E-state index < -0.39 is 20.0 Å². The molecule has 9 heteroatoms. The van der Waals surface area contributed by atoms with E-state index in [1.165, 1.54) is 64.2 Å². The van der Waals surface area contributed by atoms with Gasteiger partial charge in [0, 0.05) is 6.42 Å². The highest BCUT2D eigenvalue weighted by Crippen LogP contribution is 2.43. The summed E-state index contributed by atoms with van der Waals surface area (Å²) in [6.07, 6.45) is 25.4. The van der Waals surface area contributed by atoms with Crippen LogP contribution in [-0.2, 0) is 18.4 Å². The van der Waals surface area contributed by atoms with Crippen LogP contribution in [0.3, 0.4) is 0 Å². The molecule has 0 radical (unpaired) electrons. The number of allylic oxidation sites excluding steroid dienone is 2. The standard InChI is InChI=1S/C33H67N2O6P/c1-6-8-10-12-14-15-16-17-18-19-20-21-23-25-27-33(37)34-31(32(36)26-24-22-13-11-9-7-2)30-41-42(38,39)40-29-28-35(3,4)5/h16-17,31-32,36H,6-15,18-30H2,1-5H3,(H-,34,37,38,39)/p+1/b17-16-. The molecule has 42 heavy (non-hydrogen) atoms. The number of hydrogen-bond donors (Lipinski definition) is 3. The quantitative estimate of drug-likeness (QED) is 0.0325. The summed E-state index contributed by atoms with van der Waals surface area (Å²) in [7, 11) is 1.60. The Hall–Kier alpha value is -0.760. The number of carbonyl (C=O) groups excluding carboxylic acids is 1. The largest absolute Gasteiger partial charge is 0.472 e. The molecular weight excluding hydrogens is 551 g/mol. The van der Waals surface area contributed by atoms with E-state index in [0.29, 0.717) is 23.9 Å². The fourth-order valence-corrected chi connectivity index (χ4v) is 5.42. The first-order valence-corrected chi connectivity index (χ1v) is 18.5. The molecule has 250 valence electrons. The number of phosphoric ester groups is 1. The number of likely N-dealkylation sites (N-methyl/N-ethyl adjacent to an activating group) is 1. The summed E-state index contributed by atoms with van der Waals surface area (Å²) in [5.41, 5.74) is 0. The van der Waals surface area contributed by atoms with E-state index in [2.05, 4.69) is 31.3 Å². The first-order valence-electron chi connectivity index (χ1n) is 17.1. The van der Waals surface area contributed by atoms with Gasteiger partial charge in [0.15, 0.2) is 0 Å². The molecule has 0 aliphatic carbocycles. The molecule has 8 nitrogen and oxygen atoms in total. The van der Waals surface area contributed by atoms with E-state index in [-0.39, 0.29) is 19.1 Å². The van der Waals surface area contributed by atoms with Crippen molar-refractivity contribution >= 4 is 13.7 Å². The number of unbranched alkanes of at least 4 members (excludes halogenated alkanes) is 15. The number of aliphatic hydroxyl groups excluding tert-OH is 1. The number of quaternary nitrogens is 1. The molecule has 0 fully saturated rings. The lowest BCUT2D eigenvalue weighted by Crippen LogP contribution is -2.46. The summed E-state index contributed by atoms with van der Waals surface area (Å²) in [6, 6.07) is -0.756. The Labute approximate surface area is 259 Å². The van der Waals surface area contributed by atoms with E-state index in [9.17, 15) is 19.4 Å². The number of hydrogen-bond acceptors (Lipinski definition) is 5. The molecule has 0 aromatic carbocycles. The summed E-state index contributed by atoms with van der Waals surface area (Å²) >= 11 is 0. The van der Waals surface area contributed by atoms with E-state index >= 15 is 0 Å². The molecule has 0 saturated heterocycles. The summed E-state index contributed by atoms with van der Waals surface area (Å²) < 4.78 is 23.3. The molecule has 3 unspecified atom stereocenters. The topological polar surface area (TPSA) is 105 Å². The van der Waals surface area contributed by atoms with Gasteiger partial charge in [-0.3, -0.25) is 13.8 Å². The van der Waals surface area contributed by atoms with Gasteiger partial charge in [0.1, 0.15) is 13.2 Å². The lowest BCUT2D eigenvalue weighted by molar-refractivity contribution is -0.870. The summed E-state index contributed by atoms with van der Waals surface area (Å²) in [6.45, 7) is 4.77. The number of phosphoric acid groups is 1. The van der Waals surface area contributed by atoms with Crippen molar-refractivity contribution in [2.45, 2.75) is 154 Å². The predicted octanol–water partition coefficient (Wildman–Crippen LogP) is 8.07. The third kappa shape index (κ3) is 28.0. The van der Waals surface area contributed by atoms with Crippen LogP contribution in [0.5, 0.6) is 0 Å². The van der Waals surface area contributed by atoms with Crippen molar-refractivity contribution in [1.82, 2.24) is 5.32 Å². The number of aliphatic hydroxyl groups is 1. The number of nitrogens with one attached hydrogen (secondary N) is 1. The van der Waals surface area contributed by atoms with Crippen molar-refractivity contribution < 1.29 is 32.9 Å². The molecule has 3 atom stereocenters. The second-order valence-electron chi connectivity index (χ2n) is 12.9. The fourth-order valence-electron chi connectivity index (χ4n) is 4.68. The lowest BCUT2D eigenvalue weighted by atomic mass is 10.0. The van der Waals surface area contributed by atoms with Crippen LogP contribution in [0.2, 0.25) is 0 Å². The molecule has 0 aliphatic rings. The SMILES string of the molecule is CCCCCCC/C=C\CCCCCCCC(=O)NC(COP(=O)(O)OCC[N+](C)(C)C)C(O)CCCCCCCC. The van der Waals surface area contributed by atoms with Crippen molar-refractivity contribution in [2.75, 3.05) is 40.9 Å². The average molecular weight is 620 g/mol. The molecule has 0 aliphatic heterocycles. The van der Waals surface area contributed by atoms with Crippen LogP contribution in [-0.4, -0.2) is 73.4 Å². The van der Waals surface area contributed by atoms with E-state index in [1.54, 1.807) is 0 Å². The third-order valence-electron chi connectivity index (χ3n) is 7.51. The van der Waals surface area contributed by atoms with E-state index in [1.807, 2.05) is 21.1 Å². The van der Waals surface area contributed by atoms with Crippen molar-refractivity contribution in [3.8, 4) is 0 Å². The smallest absolute Gasteiger partial charge is 0.391 e. The first kappa shape index (κ1) is 41.2.